The lowest BCUT2D eigenvalue weighted by Gasteiger charge is -2.29. The Bertz CT molecular complexity index is 2360. The van der Waals surface area contributed by atoms with Crippen molar-refractivity contribution >= 4 is 0 Å². The maximum absolute atomic E-state index is 14.5. The second kappa shape index (κ2) is 9.31. The normalized spacial score (nSPS) is 18.8. The van der Waals surface area contributed by atoms with Crippen molar-refractivity contribution in [3.05, 3.63) is 143 Å². The highest BCUT2D eigenvalue weighted by atomic mass is 19.4. The van der Waals surface area contributed by atoms with E-state index in [9.17, 15) is 13.2 Å². The van der Waals surface area contributed by atoms with Gasteiger partial charge in [0.05, 0.1) is 22.8 Å². The molecule has 0 N–H and O–H groups in total. The lowest BCUT2D eigenvalue weighted by Crippen LogP contribution is -2.38. The van der Waals surface area contributed by atoms with E-state index in [-0.39, 0.29) is 22.0 Å². The van der Waals surface area contributed by atoms with Gasteiger partial charge in [-0.2, -0.15) is 13.2 Å². The summed E-state index contributed by atoms with van der Waals surface area (Å²) >= 11 is 0. The summed E-state index contributed by atoms with van der Waals surface area (Å²) in [6.45, 7) is 10.3. The molecule has 0 radical (unpaired) electrons. The molecule has 6 aromatic rings. The minimum Gasteiger partial charge on any atom is -0.247 e. The summed E-state index contributed by atoms with van der Waals surface area (Å²) in [5, 5.41) is 0. The number of nitrogens with zero attached hydrogens (tertiary/aromatic N) is 2. The summed E-state index contributed by atoms with van der Waals surface area (Å²) in [4.78, 5) is 10.1. The van der Waals surface area contributed by atoms with Gasteiger partial charge in [-0.05, 0) is 75.7 Å². The quantitative estimate of drug-likeness (QED) is 0.189. The topological polar surface area (TPSA) is 25.8 Å². The molecule has 0 bridgehead atoms. The fraction of sp³-hybridized carbons (Fsp3) is 0.209. The van der Waals surface area contributed by atoms with Crippen molar-refractivity contribution in [2.45, 2.75) is 57.0 Å². The Hall–Kier alpha value is -5.03. The molecule has 9 rings (SSSR count). The average Bonchev–Trinajstić information content (AvgIpc) is 3.58. The lowest BCUT2D eigenvalue weighted by molar-refractivity contribution is -0.172. The first-order valence-corrected chi connectivity index (χ1v) is 16.4. The molecule has 0 fully saturated rings. The van der Waals surface area contributed by atoms with Gasteiger partial charge in [-0.3, -0.25) is 0 Å². The fourth-order valence-electron chi connectivity index (χ4n) is 8.57. The molecular formula is C43H33F3N2. The number of fused-ring (bicyclic) bond motifs is 9. The third-order valence-electron chi connectivity index (χ3n) is 11.4. The van der Waals surface area contributed by atoms with Crippen LogP contribution in [0.4, 0.5) is 13.2 Å². The maximum atomic E-state index is 14.5. The van der Waals surface area contributed by atoms with Crippen molar-refractivity contribution in [2.24, 2.45) is 0 Å². The van der Waals surface area contributed by atoms with E-state index >= 15 is 0 Å². The van der Waals surface area contributed by atoms with Gasteiger partial charge in [0.15, 0.2) is 0 Å². The van der Waals surface area contributed by atoms with Crippen LogP contribution in [0.15, 0.2) is 109 Å². The summed E-state index contributed by atoms with van der Waals surface area (Å²) < 4.78 is 43.6. The van der Waals surface area contributed by atoms with E-state index in [2.05, 4.69) is 94.4 Å². The van der Waals surface area contributed by atoms with Crippen molar-refractivity contribution < 1.29 is 13.2 Å². The first kappa shape index (κ1) is 29.1. The highest BCUT2D eigenvalue weighted by molar-refractivity contribution is 5.87. The molecule has 48 heavy (non-hydrogen) atoms. The first-order valence-electron chi connectivity index (χ1n) is 16.4. The van der Waals surface area contributed by atoms with Crippen LogP contribution >= 0.6 is 0 Å². The maximum Gasteiger partial charge on any atom is 0.402 e. The second-order valence-corrected chi connectivity index (χ2v) is 14.7. The lowest BCUT2D eigenvalue weighted by atomic mass is 9.79. The minimum absolute atomic E-state index is 0.0915. The van der Waals surface area contributed by atoms with Gasteiger partial charge in [-0.1, -0.05) is 113 Å². The van der Waals surface area contributed by atoms with Crippen LogP contribution < -0.4 is 0 Å². The van der Waals surface area contributed by atoms with E-state index in [1.54, 1.807) is 36.4 Å². The highest BCUT2D eigenvalue weighted by Gasteiger charge is 2.58. The van der Waals surface area contributed by atoms with Crippen LogP contribution in [-0.2, 0) is 16.2 Å². The van der Waals surface area contributed by atoms with Crippen molar-refractivity contribution in [3.8, 4) is 56.2 Å². The van der Waals surface area contributed by atoms with Gasteiger partial charge in [-0.15, -0.1) is 0 Å². The molecule has 3 aliphatic rings. The predicted octanol–water partition coefficient (Wildman–Crippen LogP) is 11.3. The van der Waals surface area contributed by atoms with Gasteiger partial charge in [0.1, 0.15) is 5.41 Å². The average molecular weight is 635 g/mol. The van der Waals surface area contributed by atoms with E-state index in [0.717, 1.165) is 22.5 Å². The van der Waals surface area contributed by atoms with Gasteiger partial charge >= 0.3 is 6.18 Å². The van der Waals surface area contributed by atoms with Crippen LogP contribution in [0.3, 0.4) is 0 Å². The Morgan fingerprint density at radius 3 is 1.46 bits per heavy atom. The molecule has 2 nitrogen and oxygen atoms in total. The van der Waals surface area contributed by atoms with Gasteiger partial charge in [-0.25, -0.2) is 9.97 Å². The van der Waals surface area contributed by atoms with Crippen LogP contribution in [0.25, 0.3) is 56.2 Å². The van der Waals surface area contributed by atoms with E-state index in [1.807, 2.05) is 6.07 Å². The van der Waals surface area contributed by atoms with Crippen LogP contribution in [0.1, 0.15) is 68.0 Å². The summed E-state index contributed by atoms with van der Waals surface area (Å²) in [6, 6.07) is 36.0. The predicted molar refractivity (Wildman–Crippen MR) is 186 cm³/mol. The van der Waals surface area contributed by atoms with Crippen LogP contribution in [-0.4, -0.2) is 16.1 Å². The number of aromatic nitrogens is 2. The smallest absolute Gasteiger partial charge is 0.247 e. The van der Waals surface area contributed by atoms with E-state index in [0.29, 0.717) is 17.0 Å². The molecule has 0 saturated heterocycles. The largest absolute Gasteiger partial charge is 0.402 e. The summed E-state index contributed by atoms with van der Waals surface area (Å²) in [7, 11) is 0. The first-order chi connectivity index (χ1) is 22.8. The Kier molecular flexibility index (Phi) is 5.65. The van der Waals surface area contributed by atoms with Gasteiger partial charge < -0.3 is 0 Å². The Morgan fingerprint density at radius 2 is 0.896 bits per heavy atom. The number of alkyl halides is 3. The Balaban J connectivity index is 1.11. The molecule has 0 spiro atoms. The molecule has 2 heterocycles. The number of hydrogen-bond acceptors (Lipinski definition) is 2. The fourth-order valence-corrected chi connectivity index (χ4v) is 8.57. The van der Waals surface area contributed by atoms with Crippen molar-refractivity contribution in [3.63, 3.8) is 0 Å². The molecule has 236 valence electrons. The van der Waals surface area contributed by atoms with Gasteiger partial charge in [0.2, 0.25) is 0 Å². The number of pyridine rings is 2. The standard InChI is InChI=1S/C43H33F3N2/c1-40(2)30-12-8-6-10-28(30)38-32(40)18-20-36(47-38)24-14-16-26-27-17-15-25(23-35(27)41(3,4)34(26)22-24)37-21-19-33-39(48-37)29-11-7-9-13-31(29)42(33,5)43(44,45)46/h6-23H,1-5H3. The van der Waals surface area contributed by atoms with E-state index in [4.69, 9.17) is 9.97 Å². The SMILES string of the molecule is CC1(C)c2cc(-c3ccc4c(n3)-c3ccccc3C4(C)C)ccc2-c2ccc(-c3ccc4c(n3)-c3ccccc3C4(C)C(F)(F)F)cc21. The Labute approximate surface area is 278 Å². The molecule has 3 aliphatic carbocycles. The minimum atomic E-state index is -4.45. The zero-order chi connectivity index (χ0) is 33.4. The molecule has 1 atom stereocenters. The van der Waals surface area contributed by atoms with E-state index in [1.165, 1.54) is 45.9 Å². The number of benzene rings is 4. The summed E-state index contributed by atoms with van der Waals surface area (Å²) in [6.07, 6.45) is -4.45. The molecule has 2 aromatic heterocycles. The van der Waals surface area contributed by atoms with Crippen molar-refractivity contribution in [1.82, 2.24) is 9.97 Å². The monoisotopic (exact) mass is 634 g/mol. The molecule has 1 unspecified atom stereocenters. The second-order valence-electron chi connectivity index (χ2n) is 14.7. The Morgan fingerprint density at radius 1 is 0.438 bits per heavy atom. The number of hydrogen-bond donors (Lipinski definition) is 0. The number of halogens is 3. The van der Waals surface area contributed by atoms with Crippen molar-refractivity contribution in [2.75, 3.05) is 0 Å². The third kappa shape index (κ3) is 3.65. The molecule has 0 saturated carbocycles. The third-order valence-corrected chi connectivity index (χ3v) is 11.4. The summed E-state index contributed by atoms with van der Waals surface area (Å²) in [5.74, 6) is 0. The van der Waals surface area contributed by atoms with E-state index < -0.39 is 11.6 Å². The molecule has 4 aromatic carbocycles. The number of rotatable bonds is 2. The van der Waals surface area contributed by atoms with Gasteiger partial charge in [0.25, 0.3) is 0 Å². The van der Waals surface area contributed by atoms with Crippen LogP contribution in [0.2, 0.25) is 0 Å². The summed E-state index contributed by atoms with van der Waals surface area (Å²) in [5.41, 5.74) is 12.1. The van der Waals surface area contributed by atoms with Gasteiger partial charge in [0, 0.05) is 33.1 Å². The highest BCUT2D eigenvalue weighted by Crippen LogP contribution is 2.56. The molecule has 0 aliphatic heterocycles. The zero-order valence-corrected chi connectivity index (χ0v) is 27.4. The van der Waals surface area contributed by atoms with Crippen molar-refractivity contribution in [1.29, 1.82) is 0 Å². The zero-order valence-electron chi connectivity index (χ0n) is 27.4. The van der Waals surface area contributed by atoms with Crippen LogP contribution in [0, 0.1) is 0 Å². The molecule has 0 amide bonds. The van der Waals surface area contributed by atoms with Crippen LogP contribution in [0.5, 0.6) is 0 Å². The molecule has 5 heteroatoms. The molecular weight excluding hydrogens is 601 g/mol.